The highest BCUT2D eigenvalue weighted by Crippen LogP contribution is 2.41. The first-order chi connectivity index (χ1) is 11.1. The number of alkyl halides is 3. The number of carboxylic acid groups (broad SMARTS) is 1. The molecule has 134 valence electrons. The van der Waals surface area contributed by atoms with Gasteiger partial charge in [-0.3, -0.25) is 0 Å². The second-order valence-electron chi connectivity index (χ2n) is 6.49. The number of halogens is 3. The molecule has 0 spiro atoms. The zero-order chi connectivity index (χ0) is 18.0. The maximum atomic E-state index is 10.6. The highest BCUT2D eigenvalue weighted by atomic mass is 19.4. The Kier molecular flexibility index (Phi) is 5.55. The van der Waals surface area contributed by atoms with Crippen LogP contribution in [0.1, 0.15) is 42.9 Å². The lowest BCUT2D eigenvalue weighted by Crippen LogP contribution is -2.36. The molecule has 2 aliphatic rings. The summed E-state index contributed by atoms with van der Waals surface area (Å²) in [6.07, 6.45) is -2.74. The van der Waals surface area contributed by atoms with Crippen LogP contribution in [-0.4, -0.2) is 36.9 Å². The van der Waals surface area contributed by atoms with Crippen molar-refractivity contribution >= 4 is 5.97 Å². The van der Waals surface area contributed by atoms with E-state index in [0.717, 1.165) is 26.1 Å². The van der Waals surface area contributed by atoms with E-state index >= 15 is 0 Å². The first-order valence-electron chi connectivity index (χ1n) is 7.90. The van der Waals surface area contributed by atoms with E-state index in [1.165, 1.54) is 17.5 Å². The normalized spacial score (nSPS) is 22.3. The van der Waals surface area contributed by atoms with Crippen molar-refractivity contribution in [2.75, 3.05) is 19.7 Å². The van der Waals surface area contributed by atoms with Gasteiger partial charge in [-0.25, -0.2) is 4.79 Å². The highest BCUT2D eigenvalue weighted by molar-refractivity contribution is 5.73. The van der Waals surface area contributed by atoms with Gasteiger partial charge >= 0.3 is 12.1 Å². The topological polar surface area (TPSA) is 58.6 Å². The lowest BCUT2D eigenvalue weighted by Gasteiger charge is -2.39. The second-order valence-corrected chi connectivity index (χ2v) is 6.49. The van der Waals surface area contributed by atoms with Crippen molar-refractivity contribution in [3.63, 3.8) is 0 Å². The summed E-state index contributed by atoms with van der Waals surface area (Å²) in [4.78, 5) is 8.90. The number of aliphatic carboxylic acids is 1. The largest absolute Gasteiger partial charge is 0.490 e. The van der Waals surface area contributed by atoms with E-state index in [0.29, 0.717) is 5.92 Å². The third kappa shape index (κ3) is 4.27. The Balaban J connectivity index is 0.000000256. The molecule has 2 heterocycles. The van der Waals surface area contributed by atoms with Crippen molar-refractivity contribution in [1.82, 2.24) is 5.32 Å². The van der Waals surface area contributed by atoms with Crippen LogP contribution in [0.25, 0.3) is 0 Å². The molecule has 0 aliphatic carbocycles. The Morgan fingerprint density at radius 1 is 1.33 bits per heavy atom. The fraction of sp³-hybridized carbons (Fsp3) is 0.588. The molecule has 0 saturated heterocycles. The van der Waals surface area contributed by atoms with E-state index in [1.54, 1.807) is 5.56 Å². The molecular weight excluding hydrogens is 323 g/mol. The SMILES string of the molecule is CC1(C)OCC2CCNCCc3cccc1c32.O=C(O)C(F)(F)F. The molecule has 0 amide bonds. The molecule has 0 radical (unpaired) electrons. The third-order valence-electron chi connectivity index (χ3n) is 4.38. The van der Waals surface area contributed by atoms with E-state index in [9.17, 15) is 13.2 Å². The van der Waals surface area contributed by atoms with Crippen molar-refractivity contribution in [2.45, 2.75) is 44.4 Å². The zero-order valence-corrected chi connectivity index (χ0v) is 13.7. The van der Waals surface area contributed by atoms with Crippen LogP contribution < -0.4 is 5.32 Å². The van der Waals surface area contributed by atoms with Crippen LogP contribution in [0.4, 0.5) is 13.2 Å². The molecular formula is C17H22F3NO3. The van der Waals surface area contributed by atoms with Gasteiger partial charge in [-0.15, -0.1) is 0 Å². The fourth-order valence-electron chi connectivity index (χ4n) is 3.16. The Labute approximate surface area is 139 Å². The Morgan fingerprint density at radius 2 is 2.00 bits per heavy atom. The molecule has 7 heteroatoms. The molecule has 2 aliphatic heterocycles. The number of benzene rings is 1. The fourth-order valence-corrected chi connectivity index (χ4v) is 3.16. The summed E-state index contributed by atoms with van der Waals surface area (Å²) in [5.41, 5.74) is 4.41. The molecule has 0 bridgehead atoms. The maximum Gasteiger partial charge on any atom is 0.490 e. The lowest BCUT2D eigenvalue weighted by molar-refractivity contribution is -0.192. The standard InChI is InChI=1S/C15H21NO.C2HF3O2/c1-15(2)13-5-3-4-11-6-8-16-9-7-12(10-17-15)14(11)13;3-2(4,5)1(6)7/h3-5,12,16H,6-10H2,1-2H3;(H,6,7). The molecule has 3 rings (SSSR count). The summed E-state index contributed by atoms with van der Waals surface area (Å²) in [6.45, 7) is 7.47. The Morgan fingerprint density at radius 3 is 2.62 bits per heavy atom. The minimum absolute atomic E-state index is 0.117. The number of nitrogens with one attached hydrogen (secondary N) is 1. The van der Waals surface area contributed by atoms with Crippen LogP contribution in [0.15, 0.2) is 18.2 Å². The summed E-state index contributed by atoms with van der Waals surface area (Å²) >= 11 is 0. The van der Waals surface area contributed by atoms with Gasteiger partial charge in [0.1, 0.15) is 0 Å². The highest BCUT2D eigenvalue weighted by Gasteiger charge is 2.38. The van der Waals surface area contributed by atoms with Gasteiger partial charge in [0.2, 0.25) is 0 Å². The van der Waals surface area contributed by atoms with Gasteiger partial charge in [0.15, 0.2) is 0 Å². The molecule has 1 aromatic carbocycles. The molecule has 1 atom stereocenters. The van der Waals surface area contributed by atoms with Gasteiger partial charge in [0.25, 0.3) is 0 Å². The number of hydrogen-bond acceptors (Lipinski definition) is 3. The molecule has 24 heavy (non-hydrogen) atoms. The molecule has 0 fully saturated rings. The molecule has 0 aromatic heterocycles. The zero-order valence-electron chi connectivity index (χ0n) is 13.7. The Hall–Kier alpha value is -1.60. The minimum Gasteiger partial charge on any atom is -0.475 e. The summed E-state index contributed by atoms with van der Waals surface area (Å²) in [5, 5.41) is 10.6. The van der Waals surface area contributed by atoms with Crippen LogP contribution in [0.3, 0.4) is 0 Å². The first-order valence-corrected chi connectivity index (χ1v) is 7.90. The van der Waals surface area contributed by atoms with E-state index in [4.69, 9.17) is 14.6 Å². The number of rotatable bonds is 0. The van der Waals surface area contributed by atoms with Gasteiger partial charge < -0.3 is 15.2 Å². The van der Waals surface area contributed by atoms with E-state index in [2.05, 4.69) is 37.4 Å². The van der Waals surface area contributed by atoms with Gasteiger partial charge in [-0.05, 0) is 56.5 Å². The van der Waals surface area contributed by atoms with Gasteiger partial charge in [-0.2, -0.15) is 13.2 Å². The lowest BCUT2D eigenvalue weighted by atomic mass is 9.78. The maximum absolute atomic E-state index is 10.6. The quantitative estimate of drug-likeness (QED) is 0.758. The van der Waals surface area contributed by atoms with Crippen LogP contribution in [-0.2, 0) is 21.6 Å². The second kappa shape index (κ2) is 7.11. The van der Waals surface area contributed by atoms with Crippen molar-refractivity contribution in [1.29, 1.82) is 0 Å². The molecule has 2 N–H and O–H groups in total. The molecule has 1 aromatic rings. The molecule has 4 nitrogen and oxygen atoms in total. The summed E-state index contributed by atoms with van der Waals surface area (Å²) in [5.74, 6) is -2.17. The summed E-state index contributed by atoms with van der Waals surface area (Å²) in [7, 11) is 0. The first kappa shape index (κ1) is 18.7. The van der Waals surface area contributed by atoms with Crippen molar-refractivity contribution in [3.05, 3.63) is 34.9 Å². The van der Waals surface area contributed by atoms with Crippen LogP contribution in [0.2, 0.25) is 0 Å². The van der Waals surface area contributed by atoms with E-state index in [1.807, 2.05) is 0 Å². The average Bonchev–Trinajstić information content (AvgIpc) is 2.46. The summed E-state index contributed by atoms with van der Waals surface area (Å²) < 4.78 is 37.8. The van der Waals surface area contributed by atoms with E-state index < -0.39 is 12.1 Å². The number of carboxylic acids is 1. The predicted molar refractivity (Wildman–Crippen MR) is 83.0 cm³/mol. The van der Waals surface area contributed by atoms with E-state index in [-0.39, 0.29) is 5.60 Å². The number of ether oxygens (including phenoxy) is 1. The summed E-state index contributed by atoms with van der Waals surface area (Å²) in [6, 6.07) is 6.73. The van der Waals surface area contributed by atoms with Crippen LogP contribution in [0, 0.1) is 0 Å². The predicted octanol–water partition coefficient (Wildman–Crippen LogP) is 3.20. The molecule has 1 unspecified atom stereocenters. The van der Waals surface area contributed by atoms with Crippen molar-refractivity contribution in [3.8, 4) is 0 Å². The van der Waals surface area contributed by atoms with Crippen molar-refractivity contribution in [2.24, 2.45) is 0 Å². The van der Waals surface area contributed by atoms with Crippen LogP contribution >= 0.6 is 0 Å². The third-order valence-corrected chi connectivity index (χ3v) is 4.38. The van der Waals surface area contributed by atoms with Crippen molar-refractivity contribution < 1.29 is 27.8 Å². The smallest absolute Gasteiger partial charge is 0.475 e. The monoisotopic (exact) mass is 345 g/mol. The average molecular weight is 345 g/mol. The van der Waals surface area contributed by atoms with Crippen LogP contribution in [0.5, 0.6) is 0 Å². The van der Waals surface area contributed by atoms with Gasteiger partial charge in [0.05, 0.1) is 12.2 Å². The number of hydrogen-bond donors (Lipinski definition) is 2. The van der Waals surface area contributed by atoms with Gasteiger partial charge in [0, 0.05) is 5.92 Å². The van der Waals surface area contributed by atoms with Gasteiger partial charge in [-0.1, -0.05) is 18.2 Å². The number of carbonyl (C=O) groups is 1. The minimum atomic E-state index is -5.08. The Bertz CT molecular complexity index is 599. The molecule has 0 saturated carbocycles.